The number of sulfone groups is 1. The normalized spacial score (nSPS) is 11.5. The minimum absolute atomic E-state index is 0.0242. The van der Waals surface area contributed by atoms with E-state index in [1.54, 1.807) is 30.3 Å². The fraction of sp³-hybridized carbons (Fsp3) is 0. The van der Waals surface area contributed by atoms with Gasteiger partial charge in [-0.3, -0.25) is 0 Å². The first-order valence-corrected chi connectivity index (χ1v) is 8.28. The Labute approximate surface area is 136 Å². The Bertz CT molecular complexity index is 995. The molecule has 0 spiro atoms. The van der Waals surface area contributed by atoms with E-state index in [0.717, 1.165) is 0 Å². The van der Waals surface area contributed by atoms with Gasteiger partial charge in [0, 0.05) is 15.9 Å². The predicted molar refractivity (Wildman–Crippen MR) is 83.9 cm³/mol. The maximum absolute atomic E-state index is 12.9. The molecule has 1 aromatic heterocycles. The molecule has 2 aromatic carbocycles. The topological polar surface area (TPSA) is 96.5 Å². The third-order valence-corrected chi connectivity index (χ3v) is 5.26. The van der Waals surface area contributed by atoms with Crippen LogP contribution in [0.5, 0.6) is 5.88 Å². The van der Waals surface area contributed by atoms with Crippen LogP contribution >= 0.6 is 11.6 Å². The third-order valence-electron chi connectivity index (χ3n) is 3.19. The number of aromatic amines is 1. The maximum Gasteiger partial charge on any atom is 0.512 e. The van der Waals surface area contributed by atoms with Crippen molar-refractivity contribution >= 4 is 38.5 Å². The summed E-state index contributed by atoms with van der Waals surface area (Å²) < 4.78 is 30.4. The van der Waals surface area contributed by atoms with E-state index < -0.39 is 16.0 Å². The highest BCUT2D eigenvalue weighted by atomic mass is 35.5. The van der Waals surface area contributed by atoms with Crippen LogP contribution in [0.1, 0.15) is 0 Å². The lowest BCUT2D eigenvalue weighted by molar-refractivity contribution is 0.141. The summed E-state index contributed by atoms with van der Waals surface area (Å²) in [7, 11) is -3.99. The molecule has 0 saturated heterocycles. The van der Waals surface area contributed by atoms with Crippen molar-refractivity contribution in [2.24, 2.45) is 0 Å². The number of carboxylic acid groups (broad SMARTS) is 1. The lowest BCUT2D eigenvalue weighted by atomic mass is 10.2. The lowest BCUT2D eigenvalue weighted by Crippen LogP contribution is -2.08. The van der Waals surface area contributed by atoms with Crippen LogP contribution in [0.4, 0.5) is 4.79 Å². The van der Waals surface area contributed by atoms with Gasteiger partial charge in [0.15, 0.2) is 0 Å². The third kappa shape index (κ3) is 2.76. The number of H-pyrrole nitrogens is 1. The number of benzene rings is 2. The van der Waals surface area contributed by atoms with Crippen molar-refractivity contribution in [2.45, 2.75) is 9.79 Å². The Morgan fingerprint density at radius 2 is 1.83 bits per heavy atom. The van der Waals surface area contributed by atoms with Crippen molar-refractivity contribution in [3.05, 3.63) is 53.6 Å². The van der Waals surface area contributed by atoms with E-state index in [0.29, 0.717) is 10.5 Å². The Morgan fingerprint density at radius 3 is 2.48 bits per heavy atom. The fourth-order valence-corrected chi connectivity index (χ4v) is 3.98. The van der Waals surface area contributed by atoms with E-state index in [2.05, 4.69) is 9.72 Å². The Kier molecular flexibility index (Phi) is 3.75. The maximum atomic E-state index is 12.9. The SMILES string of the molecule is O=C(O)Oc1[nH]c2ccc(Cl)cc2c1S(=O)(=O)c1ccccc1. The minimum Gasteiger partial charge on any atom is -0.449 e. The quantitative estimate of drug-likeness (QED) is 0.701. The average Bonchev–Trinajstić information content (AvgIpc) is 2.85. The van der Waals surface area contributed by atoms with Crippen LogP contribution in [-0.4, -0.2) is 24.7 Å². The molecule has 0 saturated carbocycles. The highest BCUT2D eigenvalue weighted by Crippen LogP contribution is 2.37. The number of hydrogen-bond donors (Lipinski definition) is 2. The van der Waals surface area contributed by atoms with Crippen LogP contribution in [0.2, 0.25) is 5.02 Å². The monoisotopic (exact) mass is 351 g/mol. The second kappa shape index (κ2) is 5.60. The molecule has 23 heavy (non-hydrogen) atoms. The molecule has 6 nitrogen and oxygen atoms in total. The van der Waals surface area contributed by atoms with Crippen LogP contribution in [0.3, 0.4) is 0 Å². The molecule has 3 rings (SSSR count). The van der Waals surface area contributed by atoms with Crippen molar-refractivity contribution in [3.63, 3.8) is 0 Å². The number of fused-ring (bicyclic) bond motifs is 1. The summed E-state index contributed by atoms with van der Waals surface area (Å²) in [5, 5.41) is 9.43. The Hall–Kier alpha value is -2.51. The molecular weight excluding hydrogens is 342 g/mol. The number of aromatic nitrogens is 1. The molecular formula is C15H10ClNO5S. The second-order valence-corrected chi connectivity index (χ2v) is 6.98. The van der Waals surface area contributed by atoms with Gasteiger partial charge in [-0.05, 0) is 30.3 Å². The van der Waals surface area contributed by atoms with Crippen LogP contribution in [0.25, 0.3) is 10.9 Å². The van der Waals surface area contributed by atoms with E-state index in [1.165, 1.54) is 18.2 Å². The predicted octanol–water partition coefficient (Wildman–Crippen LogP) is 3.71. The van der Waals surface area contributed by atoms with Crippen LogP contribution in [0.15, 0.2) is 58.3 Å². The van der Waals surface area contributed by atoms with Gasteiger partial charge >= 0.3 is 6.16 Å². The van der Waals surface area contributed by atoms with Gasteiger partial charge in [0.1, 0.15) is 4.90 Å². The summed E-state index contributed by atoms with van der Waals surface area (Å²) in [6.45, 7) is 0. The number of halogens is 1. The van der Waals surface area contributed by atoms with Crippen molar-refractivity contribution in [1.29, 1.82) is 0 Å². The zero-order valence-corrected chi connectivity index (χ0v) is 13.1. The largest absolute Gasteiger partial charge is 0.512 e. The molecule has 118 valence electrons. The zero-order chi connectivity index (χ0) is 16.6. The van der Waals surface area contributed by atoms with Gasteiger partial charge in [0.2, 0.25) is 15.7 Å². The lowest BCUT2D eigenvalue weighted by Gasteiger charge is -2.06. The summed E-state index contributed by atoms with van der Waals surface area (Å²) in [6.07, 6.45) is -1.62. The van der Waals surface area contributed by atoms with Crippen LogP contribution < -0.4 is 4.74 Å². The van der Waals surface area contributed by atoms with Crippen molar-refractivity contribution in [1.82, 2.24) is 4.98 Å². The fourth-order valence-electron chi connectivity index (χ4n) is 2.26. The van der Waals surface area contributed by atoms with Crippen LogP contribution in [0, 0.1) is 0 Å². The van der Waals surface area contributed by atoms with Crippen LogP contribution in [-0.2, 0) is 9.84 Å². The molecule has 3 aromatic rings. The van der Waals surface area contributed by atoms with E-state index in [1.807, 2.05) is 0 Å². The summed E-state index contributed by atoms with van der Waals surface area (Å²) in [5.41, 5.74) is 0.403. The summed E-state index contributed by atoms with van der Waals surface area (Å²) in [6, 6.07) is 12.2. The molecule has 0 aliphatic carbocycles. The van der Waals surface area contributed by atoms with E-state index >= 15 is 0 Å². The Balaban J connectivity index is 2.34. The first-order valence-electron chi connectivity index (χ1n) is 6.42. The first kappa shape index (κ1) is 15.4. The molecule has 0 amide bonds. The summed E-state index contributed by atoms with van der Waals surface area (Å²) in [4.78, 5) is 13.3. The molecule has 0 unspecified atom stereocenters. The molecule has 0 aliphatic rings. The van der Waals surface area contributed by atoms with Crippen molar-refractivity contribution in [3.8, 4) is 5.88 Å². The molecule has 0 aliphatic heterocycles. The van der Waals surface area contributed by atoms with E-state index in [9.17, 15) is 13.2 Å². The molecule has 2 N–H and O–H groups in total. The van der Waals surface area contributed by atoms with Gasteiger partial charge < -0.3 is 14.8 Å². The number of ether oxygens (including phenoxy) is 1. The number of nitrogens with one attached hydrogen (secondary N) is 1. The number of carbonyl (C=O) groups is 1. The minimum atomic E-state index is -3.99. The van der Waals surface area contributed by atoms with E-state index in [-0.39, 0.29) is 21.1 Å². The van der Waals surface area contributed by atoms with Gasteiger partial charge in [-0.25, -0.2) is 13.2 Å². The smallest absolute Gasteiger partial charge is 0.449 e. The molecule has 1 heterocycles. The first-order chi connectivity index (χ1) is 10.9. The standard InChI is InChI=1S/C15H10ClNO5S/c16-9-6-7-12-11(8-9)13(14(17-12)22-15(18)19)23(20,21)10-4-2-1-3-5-10/h1-8,17H,(H,18,19). The van der Waals surface area contributed by atoms with E-state index in [4.69, 9.17) is 16.7 Å². The highest BCUT2D eigenvalue weighted by Gasteiger charge is 2.28. The van der Waals surface area contributed by atoms with Gasteiger partial charge in [-0.2, -0.15) is 0 Å². The Morgan fingerprint density at radius 1 is 1.13 bits per heavy atom. The molecule has 8 heteroatoms. The average molecular weight is 352 g/mol. The molecule has 0 radical (unpaired) electrons. The van der Waals surface area contributed by atoms with Gasteiger partial charge in [0.05, 0.1) is 4.90 Å². The zero-order valence-electron chi connectivity index (χ0n) is 11.5. The highest BCUT2D eigenvalue weighted by molar-refractivity contribution is 7.91. The van der Waals surface area contributed by atoms with Crippen molar-refractivity contribution in [2.75, 3.05) is 0 Å². The number of rotatable bonds is 3. The second-order valence-electron chi connectivity index (χ2n) is 4.66. The molecule has 0 fully saturated rings. The summed E-state index contributed by atoms with van der Waals surface area (Å²) >= 11 is 5.94. The molecule has 0 atom stereocenters. The van der Waals surface area contributed by atoms with Gasteiger partial charge in [-0.1, -0.05) is 29.8 Å². The van der Waals surface area contributed by atoms with Gasteiger partial charge in [0.25, 0.3) is 0 Å². The summed E-state index contributed by atoms with van der Waals surface area (Å²) in [5.74, 6) is -0.362. The van der Waals surface area contributed by atoms with Gasteiger partial charge in [-0.15, -0.1) is 0 Å². The number of hydrogen-bond acceptors (Lipinski definition) is 4. The van der Waals surface area contributed by atoms with Crippen molar-refractivity contribution < 1.29 is 23.1 Å². The molecule has 0 bridgehead atoms.